The summed E-state index contributed by atoms with van der Waals surface area (Å²) >= 11 is 0. The highest BCUT2D eigenvalue weighted by molar-refractivity contribution is 6.05. The average molecular weight is 539 g/mol. The first kappa shape index (κ1) is 31.7. The first-order chi connectivity index (χ1) is 18.6. The highest BCUT2D eigenvalue weighted by Gasteiger charge is 2.37. The van der Waals surface area contributed by atoms with Crippen LogP contribution < -0.4 is 10.6 Å². The van der Waals surface area contributed by atoms with E-state index in [-0.39, 0.29) is 32.3 Å². The summed E-state index contributed by atoms with van der Waals surface area (Å²) in [6, 6.07) is 17.7. The number of nitrogens with one attached hydrogen (secondary N) is 2. The van der Waals surface area contributed by atoms with Crippen LogP contribution in [-0.4, -0.2) is 42.8 Å². The zero-order valence-electron chi connectivity index (χ0n) is 23.5. The number of unbranched alkanes of at least 4 members (excludes halogenated alkanes) is 1. The van der Waals surface area contributed by atoms with Crippen molar-refractivity contribution in [3.63, 3.8) is 0 Å². The minimum absolute atomic E-state index is 0.0484. The Balaban J connectivity index is 1.91. The molecule has 0 saturated carbocycles. The van der Waals surface area contributed by atoms with E-state index in [0.29, 0.717) is 12.3 Å². The van der Waals surface area contributed by atoms with Gasteiger partial charge >= 0.3 is 5.97 Å². The van der Waals surface area contributed by atoms with E-state index in [0.717, 1.165) is 30.4 Å². The molecule has 0 aliphatic rings. The number of hydrogen-bond donors (Lipinski definition) is 2. The Bertz CT molecular complexity index is 1050. The minimum Gasteiger partial charge on any atom is -0.460 e. The smallest absolute Gasteiger partial charge is 0.319 e. The Morgan fingerprint density at radius 1 is 0.846 bits per heavy atom. The number of ether oxygens (including phenoxy) is 2. The Labute approximate surface area is 231 Å². The van der Waals surface area contributed by atoms with Gasteiger partial charge in [0.15, 0.2) is 5.78 Å². The second-order valence-corrected chi connectivity index (χ2v) is 10.6. The number of amides is 2. The standard InChI is InChI=1S/C31H42N2O6/c1-23(2)13-11-12-18-28(35)33-26(22-38-20-24-14-7-5-8-15-24)29(36)32-19-27(34)31(3,4)30(37)39-21-25-16-9-6-10-17-25/h5-10,14-17,23,26H,11-13,18-22H2,1-4H3,(H,32,36)(H,33,35). The predicted octanol–water partition coefficient (Wildman–Crippen LogP) is 4.36. The molecule has 0 aliphatic heterocycles. The number of Topliss-reactive ketones (excluding diaryl/α,β-unsaturated/α-hetero) is 1. The quantitative estimate of drug-likeness (QED) is 0.176. The molecule has 0 saturated heterocycles. The molecule has 39 heavy (non-hydrogen) atoms. The number of benzene rings is 2. The van der Waals surface area contributed by atoms with Crippen LogP contribution in [0.2, 0.25) is 0 Å². The normalized spacial score (nSPS) is 12.0. The Hall–Kier alpha value is -3.52. The molecule has 2 rings (SSSR count). The van der Waals surface area contributed by atoms with Gasteiger partial charge in [0.25, 0.3) is 0 Å². The molecule has 0 aliphatic carbocycles. The minimum atomic E-state index is -1.46. The van der Waals surface area contributed by atoms with E-state index in [1.165, 1.54) is 13.8 Å². The van der Waals surface area contributed by atoms with E-state index in [2.05, 4.69) is 24.5 Å². The third-order valence-electron chi connectivity index (χ3n) is 6.33. The molecule has 0 aromatic heterocycles. The van der Waals surface area contributed by atoms with Crippen molar-refractivity contribution in [1.29, 1.82) is 0 Å². The van der Waals surface area contributed by atoms with E-state index in [1.54, 1.807) is 0 Å². The topological polar surface area (TPSA) is 111 Å². The molecule has 2 aromatic carbocycles. The molecule has 2 aromatic rings. The van der Waals surface area contributed by atoms with E-state index < -0.39 is 29.1 Å². The number of esters is 1. The first-order valence-corrected chi connectivity index (χ1v) is 13.5. The fourth-order valence-corrected chi connectivity index (χ4v) is 3.69. The van der Waals surface area contributed by atoms with Crippen molar-refractivity contribution in [1.82, 2.24) is 10.6 Å². The van der Waals surface area contributed by atoms with Gasteiger partial charge in [0.05, 0.1) is 19.8 Å². The monoisotopic (exact) mass is 538 g/mol. The fourth-order valence-electron chi connectivity index (χ4n) is 3.69. The summed E-state index contributed by atoms with van der Waals surface area (Å²) in [6.07, 6.45) is 2.98. The molecule has 0 fully saturated rings. The summed E-state index contributed by atoms with van der Waals surface area (Å²) in [5, 5.41) is 5.30. The Morgan fingerprint density at radius 2 is 1.44 bits per heavy atom. The first-order valence-electron chi connectivity index (χ1n) is 13.5. The van der Waals surface area contributed by atoms with Crippen LogP contribution >= 0.6 is 0 Å². The summed E-state index contributed by atoms with van der Waals surface area (Å²) in [4.78, 5) is 51.0. The van der Waals surface area contributed by atoms with Crippen LogP contribution in [0.4, 0.5) is 0 Å². The molecule has 1 atom stereocenters. The number of rotatable bonds is 17. The highest BCUT2D eigenvalue weighted by Crippen LogP contribution is 2.20. The lowest BCUT2D eigenvalue weighted by Crippen LogP contribution is -2.51. The predicted molar refractivity (Wildman–Crippen MR) is 149 cm³/mol. The van der Waals surface area contributed by atoms with Gasteiger partial charge in [0.1, 0.15) is 18.1 Å². The van der Waals surface area contributed by atoms with Crippen molar-refractivity contribution >= 4 is 23.6 Å². The van der Waals surface area contributed by atoms with E-state index in [1.807, 2.05) is 60.7 Å². The maximum Gasteiger partial charge on any atom is 0.319 e. The number of carbonyl (C=O) groups is 4. The molecular weight excluding hydrogens is 496 g/mol. The van der Waals surface area contributed by atoms with Crippen LogP contribution in [-0.2, 0) is 41.9 Å². The van der Waals surface area contributed by atoms with Crippen molar-refractivity contribution < 1.29 is 28.7 Å². The Kier molecular flexibility index (Phi) is 13.4. The SMILES string of the molecule is CC(C)CCCCC(=O)NC(COCc1ccccc1)C(=O)NCC(=O)C(C)(C)C(=O)OCc1ccccc1. The fraction of sp³-hybridized carbons (Fsp3) is 0.484. The summed E-state index contributed by atoms with van der Waals surface area (Å²) in [6.45, 7) is 7.08. The molecular formula is C31H42N2O6. The van der Waals surface area contributed by atoms with Crippen LogP contribution in [0, 0.1) is 11.3 Å². The van der Waals surface area contributed by atoms with E-state index in [9.17, 15) is 19.2 Å². The van der Waals surface area contributed by atoms with Gasteiger partial charge in [-0.05, 0) is 37.3 Å². The third kappa shape index (κ3) is 11.8. The molecule has 1 unspecified atom stereocenters. The van der Waals surface area contributed by atoms with Gasteiger partial charge in [-0.1, -0.05) is 87.4 Å². The molecule has 0 bridgehead atoms. The lowest BCUT2D eigenvalue weighted by atomic mass is 9.88. The molecule has 2 amide bonds. The van der Waals surface area contributed by atoms with E-state index in [4.69, 9.17) is 9.47 Å². The largest absolute Gasteiger partial charge is 0.460 e. The number of hydrogen-bond acceptors (Lipinski definition) is 6. The van der Waals surface area contributed by atoms with Gasteiger partial charge in [0, 0.05) is 6.42 Å². The molecule has 8 nitrogen and oxygen atoms in total. The van der Waals surface area contributed by atoms with Crippen LogP contribution in [0.3, 0.4) is 0 Å². The molecule has 0 heterocycles. The van der Waals surface area contributed by atoms with Crippen molar-refractivity contribution in [2.24, 2.45) is 11.3 Å². The van der Waals surface area contributed by atoms with Gasteiger partial charge in [-0.25, -0.2) is 0 Å². The maximum absolute atomic E-state index is 13.0. The number of ketones is 1. The van der Waals surface area contributed by atoms with Gasteiger partial charge in [-0.15, -0.1) is 0 Å². The van der Waals surface area contributed by atoms with Crippen LogP contribution in [0.25, 0.3) is 0 Å². The second kappa shape index (κ2) is 16.4. The number of carbonyl (C=O) groups excluding carboxylic acids is 4. The van der Waals surface area contributed by atoms with Crippen LogP contribution in [0.15, 0.2) is 60.7 Å². The zero-order chi connectivity index (χ0) is 28.7. The van der Waals surface area contributed by atoms with Crippen molar-refractivity contribution in [2.45, 2.75) is 72.6 Å². The van der Waals surface area contributed by atoms with Crippen molar-refractivity contribution in [3.8, 4) is 0 Å². The summed E-state index contributed by atoms with van der Waals surface area (Å²) in [5.41, 5.74) is 0.282. The van der Waals surface area contributed by atoms with Gasteiger partial charge < -0.3 is 20.1 Å². The van der Waals surface area contributed by atoms with Gasteiger partial charge in [-0.2, -0.15) is 0 Å². The third-order valence-corrected chi connectivity index (χ3v) is 6.33. The second-order valence-electron chi connectivity index (χ2n) is 10.6. The molecule has 8 heteroatoms. The average Bonchev–Trinajstić information content (AvgIpc) is 2.92. The molecule has 212 valence electrons. The lowest BCUT2D eigenvalue weighted by molar-refractivity contribution is -0.159. The Morgan fingerprint density at radius 3 is 2.03 bits per heavy atom. The van der Waals surface area contributed by atoms with Crippen molar-refractivity contribution in [2.75, 3.05) is 13.2 Å². The molecule has 0 spiro atoms. The lowest BCUT2D eigenvalue weighted by Gasteiger charge is -2.23. The summed E-state index contributed by atoms with van der Waals surface area (Å²) < 4.78 is 11.0. The van der Waals surface area contributed by atoms with E-state index >= 15 is 0 Å². The van der Waals surface area contributed by atoms with Crippen molar-refractivity contribution in [3.05, 3.63) is 71.8 Å². The highest BCUT2D eigenvalue weighted by atomic mass is 16.5. The summed E-state index contributed by atoms with van der Waals surface area (Å²) in [5.74, 6) is -1.42. The molecule has 0 radical (unpaired) electrons. The van der Waals surface area contributed by atoms with Gasteiger partial charge in [0.2, 0.25) is 11.8 Å². The van der Waals surface area contributed by atoms with Crippen LogP contribution in [0.5, 0.6) is 0 Å². The zero-order valence-corrected chi connectivity index (χ0v) is 23.5. The van der Waals surface area contributed by atoms with Gasteiger partial charge in [-0.3, -0.25) is 19.2 Å². The maximum atomic E-state index is 13.0. The molecule has 2 N–H and O–H groups in total. The summed E-state index contributed by atoms with van der Waals surface area (Å²) in [7, 11) is 0. The van der Waals surface area contributed by atoms with Crippen LogP contribution in [0.1, 0.15) is 64.5 Å².